The minimum absolute atomic E-state index is 0.165. The molecule has 0 heterocycles. The molecule has 0 amide bonds. The molecule has 2 atom stereocenters. The second-order valence-electron chi connectivity index (χ2n) is 8.33. The summed E-state index contributed by atoms with van der Waals surface area (Å²) in [6, 6.07) is 15.1. The lowest BCUT2D eigenvalue weighted by Gasteiger charge is -2.21. The molecule has 0 fully saturated rings. The lowest BCUT2D eigenvalue weighted by molar-refractivity contribution is 0.101. The van der Waals surface area contributed by atoms with Gasteiger partial charge in [0.2, 0.25) is 0 Å². The van der Waals surface area contributed by atoms with Crippen LogP contribution in [0, 0.1) is 13.8 Å². The fourth-order valence-electron chi connectivity index (χ4n) is 3.84. The maximum Gasteiger partial charge on any atom is 0.189 e. The number of aromatic hydroxyl groups is 1. The van der Waals surface area contributed by atoms with E-state index in [2.05, 4.69) is 5.32 Å². The molecule has 0 aliphatic heterocycles. The van der Waals surface area contributed by atoms with Gasteiger partial charge in [-0.1, -0.05) is 18.2 Å². The van der Waals surface area contributed by atoms with Crippen LogP contribution >= 0.6 is 0 Å². The largest absolute Gasteiger partial charge is 0.508 e. The van der Waals surface area contributed by atoms with Crippen LogP contribution in [0.15, 0.2) is 54.6 Å². The molecular formula is C27H30NO5. The summed E-state index contributed by atoms with van der Waals surface area (Å²) in [5.74, 6) is 0.447. The van der Waals surface area contributed by atoms with E-state index >= 15 is 0 Å². The monoisotopic (exact) mass is 448 g/mol. The van der Waals surface area contributed by atoms with E-state index in [9.17, 15) is 20.1 Å². The van der Waals surface area contributed by atoms with Crippen LogP contribution in [0.1, 0.15) is 47.0 Å². The summed E-state index contributed by atoms with van der Waals surface area (Å²) in [4.78, 5) is 11.7. The maximum absolute atomic E-state index is 11.9. The number of ether oxygens (including phenoxy) is 1. The number of phenols is 1. The average Bonchev–Trinajstić information content (AvgIpc) is 2.78. The Morgan fingerprint density at radius 3 is 2.24 bits per heavy atom. The van der Waals surface area contributed by atoms with Crippen molar-refractivity contribution in [2.75, 3.05) is 13.2 Å². The number of hydrogen-bond acceptors (Lipinski definition) is 5. The molecular weight excluding hydrogens is 418 g/mol. The van der Waals surface area contributed by atoms with E-state index in [0.29, 0.717) is 13.2 Å². The molecule has 0 aromatic heterocycles. The second kappa shape index (κ2) is 10.5. The number of rotatable bonds is 9. The summed E-state index contributed by atoms with van der Waals surface area (Å²) < 4.78 is 6.01. The van der Waals surface area contributed by atoms with Gasteiger partial charge in [0.05, 0.1) is 11.7 Å². The molecule has 0 aliphatic rings. The van der Waals surface area contributed by atoms with Gasteiger partial charge in [-0.3, -0.25) is 9.90 Å². The van der Waals surface area contributed by atoms with Crippen LogP contribution < -0.4 is 10.1 Å². The topological polar surface area (TPSA) is 98.7 Å². The third kappa shape index (κ3) is 5.92. The molecule has 0 saturated heterocycles. The number of aryl methyl sites for hydroxylation is 2. The Morgan fingerprint density at radius 2 is 1.64 bits per heavy atom. The number of Topliss-reactive ketones (excluding diaryl/α,β-unsaturated/α-hetero) is 1. The van der Waals surface area contributed by atoms with Crippen molar-refractivity contribution in [3.63, 3.8) is 0 Å². The fourth-order valence-corrected chi connectivity index (χ4v) is 3.84. The van der Waals surface area contributed by atoms with Crippen molar-refractivity contribution >= 4 is 5.78 Å². The highest BCUT2D eigenvalue weighted by atomic mass is 16.5. The Kier molecular flexibility index (Phi) is 7.74. The van der Waals surface area contributed by atoms with Crippen molar-refractivity contribution in [3.05, 3.63) is 76.9 Å². The van der Waals surface area contributed by atoms with E-state index < -0.39 is 6.10 Å². The Hall–Kier alpha value is -3.35. The quantitative estimate of drug-likeness (QED) is 0.312. The van der Waals surface area contributed by atoms with Crippen LogP contribution in [0.2, 0.25) is 0 Å². The van der Waals surface area contributed by atoms with Gasteiger partial charge in [-0.25, -0.2) is 0 Å². The van der Waals surface area contributed by atoms with E-state index in [0.717, 1.165) is 33.6 Å². The number of nitrogens with one attached hydrogen (secondary N) is 1. The van der Waals surface area contributed by atoms with Crippen LogP contribution in [0.3, 0.4) is 0 Å². The minimum Gasteiger partial charge on any atom is -0.508 e. The zero-order valence-electron chi connectivity index (χ0n) is 19.4. The minimum atomic E-state index is -0.700. The molecule has 0 saturated carbocycles. The number of aliphatic hydroxyl groups excluding tert-OH is 1. The standard InChI is InChI=1S/C27H30NO5/c1-16-13-22(21-7-10-25(31)24(15-21)19(4)29)14-17(2)27(16)33-12-11-28-18(3)26(32)20-5-8-23(30)9-6-20/h5-10,13-15,18,26,28,30,32H,11-12H2,1-4H3/t18-,26-/m0/s1. The highest BCUT2D eigenvalue weighted by Crippen LogP contribution is 2.32. The van der Waals surface area contributed by atoms with Gasteiger partial charge in [-0.05, 0) is 91.9 Å². The summed E-state index contributed by atoms with van der Waals surface area (Å²) >= 11 is 0. The van der Waals surface area contributed by atoms with Crippen LogP contribution in [-0.4, -0.2) is 35.2 Å². The third-order valence-corrected chi connectivity index (χ3v) is 5.68. The molecule has 0 bridgehead atoms. The highest BCUT2D eigenvalue weighted by Gasteiger charge is 2.16. The Balaban J connectivity index is 1.61. The summed E-state index contributed by atoms with van der Waals surface area (Å²) in [6.45, 7) is 8.18. The van der Waals surface area contributed by atoms with E-state index in [1.54, 1.807) is 36.4 Å². The first-order valence-electron chi connectivity index (χ1n) is 10.9. The van der Waals surface area contributed by atoms with Crippen LogP contribution in [0.5, 0.6) is 17.2 Å². The number of hydrogen-bond donors (Lipinski definition) is 3. The summed E-state index contributed by atoms with van der Waals surface area (Å²) in [5.41, 5.74) is 4.57. The smallest absolute Gasteiger partial charge is 0.189 e. The van der Waals surface area contributed by atoms with Crippen molar-refractivity contribution in [2.45, 2.75) is 39.8 Å². The molecule has 173 valence electrons. The molecule has 3 rings (SSSR count). The first-order chi connectivity index (χ1) is 15.7. The first-order valence-corrected chi connectivity index (χ1v) is 10.9. The molecule has 1 radical (unpaired) electrons. The normalized spacial score (nSPS) is 12.9. The average molecular weight is 449 g/mol. The van der Waals surface area contributed by atoms with Gasteiger partial charge in [-0.2, -0.15) is 0 Å². The second-order valence-corrected chi connectivity index (χ2v) is 8.33. The predicted molar refractivity (Wildman–Crippen MR) is 128 cm³/mol. The van der Waals surface area contributed by atoms with E-state index in [4.69, 9.17) is 4.74 Å². The molecule has 0 spiro atoms. The number of aliphatic hydroxyl groups is 1. The highest BCUT2D eigenvalue weighted by molar-refractivity contribution is 5.98. The van der Waals surface area contributed by atoms with Gasteiger partial charge in [-0.15, -0.1) is 0 Å². The predicted octanol–water partition coefficient (Wildman–Crippen LogP) is 5.11. The molecule has 33 heavy (non-hydrogen) atoms. The van der Waals surface area contributed by atoms with Gasteiger partial charge in [0.25, 0.3) is 0 Å². The van der Waals surface area contributed by atoms with Crippen molar-refractivity contribution in [2.24, 2.45) is 0 Å². The number of ketones is 1. The summed E-state index contributed by atoms with van der Waals surface area (Å²) in [6.07, 6.45) is -0.700. The van der Waals surface area contributed by atoms with Crippen molar-refractivity contribution in [3.8, 4) is 28.4 Å². The molecule has 0 unspecified atom stereocenters. The molecule has 6 heteroatoms. The summed E-state index contributed by atoms with van der Waals surface area (Å²) in [7, 11) is 0. The van der Waals surface area contributed by atoms with Crippen LogP contribution in [0.4, 0.5) is 0 Å². The van der Waals surface area contributed by atoms with E-state index in [-0.39, 0.29) is 28.9 Å². The molecule has 3 aromatic rings. The lowest BCUT2D eigenvalue weighted by atomic mass is 9.97. The SMILES string of the molecule is CC(=O)c1cc(-c2cc(C)c(OCCN[C@@H](C)[C@H](O)c3ccc(O)cc3)c(C)c2)ccc1[O]. The van der Waals surface area contributed by atoms with Gasteiger partial charge >= 0.3 is 0 Å². The van der Waals surface area contributed by atoms with Crippen molar-refractivity contribution in [1.82, 2.24) is 5.32 Å². The number of benzene rings is 3. The summed E-state index contributed by atoms with van der Waals surface area (Å²) in [5, 5.41) is 35.0. The molecule has 0 aliphatic carbocycles. The van der Waals surface area contributed by atoms with Gasteiger partial charge in [0.15, 0.2) is 11.5 Å². The lowest BCUT2D eigenvalue weighted by Crippen LogP contribution is -2.35. The van der Waals surface area contributed by atoms with Gasteiger partial charge in [0, 0.05) is 12.6 Å². The van der Waals surface area contributed by atoms with Crippen LogP contribution in [-0.2, 0) is 5.11 Å². The third-order valence-electron chi connectivity index (χ3n) is 5.68. The van der Waals surface area contributed by atoms with Crippen LogP contribution in [0.25, 0.3) is 11.1 Å². The Bertz CT molecular complexity index is 1100. The fraction of sp³-hybridized carbons (Fsp3) is 0.296. The van der Waals surface area contributed by atoms with Crippen molar-refractivity contribution in [1.29, 1.82) is 0 Å². The van der Waals surface area contributed by atoms with E-state index in [1.165, 1.54) is 13.0 Å². The molecule has 3 N–H and O–H groups in total. The van der Waals surface area contributed by atoms with Gasteiger partial charge < -0.3 is 20.3 Å². The van der Waals surface area contributed by atoms with Crippen molar-refractivity contribution < 1.29 is 24.9 Å². The zero-order valence-corrected chi connectivity index (χ0v) is 19.4. The molecule has 6 nitrogen and oxygen atoms in total. The maximum atomic E-state index is 11.9. The van der Waals surface area contributed by atoms with Gasteiger partial charge in [0.1, 0.15) is 18.1 Å². The Morgan fingerprint density at radius 1 is 1.00 bits per heavy atom. The number of carbonyl (C=O) groups excluding carboxylic acids is 1. The molecule has 3 aromatic carbocycles. The number of phenolic OH excluding ortho intramolecular Hbond substituents is 1. The zero-order chi connectivity index (χ0) is 24.1. The first kappa shape index (κ1) is 24.3. The number of carbonyl (C=O) groups is 1. The Labute approximate surface area is 194 Å². The van der Waals surface area contributed by atoms with E-state index in [1.807, 2.05) is 32.9 Å².